The van der Waals surface area contributed by atoms with Crippen molar-refractivity contribution < 1.29 is 9.32 Å². The highest BCUT2D eigenvalue weighted by Gasteiger charge is 2.21. The van der Waals surface area contributed by atoms with E-state index in [9.17, 15) is 4.79 Å². The number of hydrogen-bond acceptors (Lipinski definition) is 3. The van der Waals surface area contributed by atoms with Crippen LogP contribution in [0.15, 0.2) is 29.2 Å². The fourth-order valence-corrected chi connectivity index (χ4v) is 2.09. The van der Waals surface area contributed by atoms with Gasteiger partial charge in [-0.25, -0.2) is 0 Å². The van der Waals surface area contributed by atoms with Crippen molar-refractivity contribution in [2.24, 2.45) is 0 Å². The van der Waals surface area contributed by atoms with E-state index in [-0.39, 0.29) is 5.78 Å². The molecule has 15 heavy (non-hydrogen) atoms. The smallest absolute Gasteiger partial charge is 0.164 e. The second-order valence-electron chi connectivity index (χ2n) is 3.71. The van der Waals surface area contributed by atoms with Gasteiger partial charge in [0.15, 0.2) is 5.78 Å². The van der Waals surface area contributed by atoms with E-state index in [0.717, 1.165) is 29.8 Å². The normalized spacial score (nSPS) is 15.3. The largest absolute Gasteiger partial charge is 0.362 e. The summed E-state index contributed by atoms with van der Waals surface area (Å²) < 4.78 is 6.78. The molecule has 4 heteroatoms. The molecule has 76 valence electrons. The van der Waals surface area contributed by atoms with Crippen molar-refractivity contribution in [3.05, 3.63) is 36.0 Å². The summed E-state index contributed by atoms with van der Waals surface area (Å²) in [6.45, 7) is 0. The number of rotatable bonds is 1. The van der Waals surface area contributed by atoms with E-state index in [1.807, 2.05) is 16.8 Å². The van der Waals surface area contributed by atoms with Gasteiger partial charge in [-0.2, -0.15) is 0 Å². The molecule has 0 aromatic carbocycles. The van der Waals surface area contributed by atoms with Crippen LogP contribution >= 0.6 is 0 Å². The van der Waals surface area contributed by atoms with Gasteiger partial charge < -0.3 is 9.09 Å². The Labute approximate surface area is 86.5 Å². The maximum atomic E-state index is 11.6. The Morgan fingerprint density at radius 2 is 2.33 bits per heavy atom. The van der Waals surface area contributed by atoms with E-state index < -0.39 is 0 Å². The fraction of sp³-hybridized carbons (Fsp3) is 0.273. The maximum absolute atomic E-state index is 11.6. The molecule has 3 rings (SSSR count). The topological polar surface area (TPSA) is 48.0 Å². The highest BCUT2D eigenvalue weighted by Crippen LogP contribution is 2.24. The number of hydrogen-bond donors (Lipinski definition) is 0. The SMILES string of the molecule is O=C1CCCc2c1ccn2-c1cnoc1. The predicted octanol–water partition coefficient (Wildman–Crippen LogP) is 1.98. The first-order chi connectivity index (χ1) is 7.36. The summed E-state index contributed by atoms with van der Waals surface area (Å²) in [5.74, 6) is 0.242. The molecule has 0 saturated heterocycles. The van der Waals surface area contributed by atoms with E-state index in [0.29, 0.717) is 6.42 Å². The van der Waals surface area contributed by atoms with Gasteiger partial charge in [-0.3, -0.25) is 4.79 Å². The second kappa shape index (κ2) is 3.08. The summed E-state index contributed by atoms with van der Waals surface area (Å²) in [5.41, 5.74) is 2.81. The summed E-state index contributed by atoms with van der Waals surface area (Å²) in [6, 6.07) is 1.88. The first kappa shape index (κ1) is 8.47. The van der Waals surface area contributed by atoms with Crippen LogP contribution in [-0.2, 0) is 6.42 Å². The molecule has 0 aliphatic heterocycles. The molecule has 0 bridgehead atoms. The zero-order valence-electron chi connectivity index (χ0n) is 8.14. The van der Waals surface area contributed by atoms with Gasteiger partial charge in [-0.1, -0.05) is 5.16 Å². The van der Waals surface area contributed by atoms with E-state index >= 15 is 0 Å². The number of carbonyl (C=O) groups excluding carboxylic acids is 1. The van der Waals surface area contributed by atoms with Crippen molar-refractivity contribution in [3.63, 3.8) is 0 Å². The van der Waals surface area contributed by atoms with Gasteiger partial charge in [-0.05, 0) is 18.9 Å². The summed E-state index contributed by atoms with van der Waals surface area (Å²) in [5, 5.41) is 3.67. The summed E-state index contributed by atoms with van der Waals surface area (Å²) in [4.78, 5) is 11.6. The lowest BCUT2D eigenvalue weighted by molar-refractivity contribution is 0.0972. The Morgan fingerprint density at radius 3 is 3.13 bits per heavy atom. The third-order valence-electron chi connectivity index (χ3n) is 2.81. The molecule has 0 radical (unpaired) electrons. The second-order valence-corrected chi connectivity index (χ2v) is 3.71. The molecule has 2 aromatic heterocycles. The van der Waals surface area contributed by atoms with Gasteiger partial charge >= 0.3 is 0 Å². The number of fused-ring (bicyclic) bond motifs is 1. The van der Waals surface area contributed by atoms with Gasteiger partial charge in [0.2, 0.25) is 0 Å². The van der Waals surface area contributed by atoms with Crippen LogP contribution in [0.25, 0.3) is 5.69 Å². The molecule has 2 heterocycles. The highest BCUT2D eigenvalue weighted by atomic mass is 16.5. The Hall–Kier alpha value is -1.84. The van der Waals surface area contributed by atoms with E-state index in [1.54, 1.807) is 12.5 Å². The molecular weight excluding hydrogens is 192 g/mol. The third kappa shape index (κ3) is 1.21. The Kier molecular flexibility index (Phi) is 1.74. The van der Waals surface area contributed by atoms with Crippen LogP contribution in [0, 0.1) is 0 Å². The standard InChI is InChI=1S/C11H10N2O2/c14-11-3-1-2-10-9(11)4-5-13(10)8-6-12-15-7-8/h4-7H,1-3H2. The van der Waals surface area contributed by atoms with Crippen molar-refractivity contribution >= 4 is 5.78 Å². The highest BCUT2D eigenvalue weighted by molar-refractivity contribution is 5.98. The first-order valence-corrected chi connectivity index (χ1v) is 4.99. The number of nitrogens with zero attached hydrogens (tertiary/aromatic N) is 2. The van der Waals surface area contributed by atoms with Gasteiger partial charge in [-0.15, -0.1) is 0 Å². The van der Waals surface area contributed by atoms with Crippen molar-refractivity contribution in [3.8, 4) is 5.69 Å². The molecule has 2 aromatic rings. The molecule has 0 N–H and O–H groups in total. The van der Waals surface area contributed by atoms with Crippen molar-refractivity contribution in [2.45, 2.75) is 19.3 Å². The van der Waals surface area contributed by atoms with E-state index in [2.05, 4.69) is 5.16 Å². The van der Waals surface area contributed by atoms with Crippen molar-refractivity contribution in [1.82, 2.24) is 9.72 Å². The van der Waals surface area contributed by atoms with Gasteiger partial charge in [0.1, 0.15) is 12.0 Å². The maximum Gasteiger partial charge on any atom is 0.164 e. The Balaban J connectivity index is 2.15. The molecule has 0 spiro atoms. The lowest BCUT2D eigenvalue weighted by atomic mass is 9.97. The molecule has 4 nitrogen and oxygen atoms in total. The molecule has 0 unspecified atom stereocenters. The van der Waals surface area contributed by atoms with Gasteiger partial charge in [0.25, 0.3) is 0 Å². The average molecular weight is 202 g/mol. The summed E-state index contributed by atoms with van der Waals surface area (Å²) >= 11 is 0. The first-order valence-electron chi connectivity index (χ1n) is 4.99. The van der Waals surface area contributed by atoms with Crippen LogP contribution in [0.1, 0.15) is 28.9 Å². The number of carbonyl (C=O) groups is 1. The minimum absolute atomic E-state index is 0.242. The Morgan fingerprint density at radius 1 is 1.40 bits per heavy atom. The van der Waals surface area contributed by atoms with Gasteiger partial charge in [0.05, 0.1) is 6.20 Å². The van der Waals surface area contributed by atoms with E-state index in [1.165, 1.54) is 0 Å². The molecule has 1 aliphatic rings. The van der Waals surface area contributed by atoms with Crippen LogP contribution in [-0.4, -0.2) is 15.5 Å². The minimum Gasteiger partial charge on any atom is -0.362 e. The Bertz CT molecular complexity index is 497. The van der Waals surface area contributed by atoms with Crippen LogP contribution in [0.3, 0.4) is 0 Å². The van der Waals surface area contributed by atoms with Crippen molar-refractivity contribution in [1.29, 1.82) is 0 Å². The van der Waals surface area contributed by atoms with Crippen LogP contribution < -0.4 is 0 Å². The zero-order chi connectivity index (χ0) is 10.3. The summed E-state index contributed by atoms with van der Waals surface area (Å²) in [6.07, 6.45) is 7.68. The molecule has 0 atom stereocenters. The molecule has 0 amide bonds. The fourth-order valence-electron chi connectivity index (χ4n) is 2.09. The predicted molar refractivity (Wildman–Crippen MR) is 53.1 cm³/mol. The number of ketones is 1. The van der Waals surface area contributed by atoms with Crippen LogP contribution in [0.2, 0.25) is 0 Å². The quantitative estimate of drug-likeness (QED) is 0.710. The molecule has 1 aliphatic carbocycles. The summed E-state index contributed by atoms with van der Waals surface area (Å²) in [7, 11) is 0. The zero-order valence-corrected chi connectivity index (χ0v) is 8.14. The minimum atomic E-state index is 0.242. The van der Waals surface area contributed by atoms with Crippen LogP contribution in [0.5, 0.6) is 0 Å². The molecule has 0 saturated carbocycles. The molecule has 0 fully saturated rings. The third-order valence-corrected chi connectivity index (χ3v) is 2.81. The van der Waals surface area contributed by atoms with Gasteiger partial charge in [0, 0.05) is 23.9 Å². The lowest BCUT2D eigenvalue weighted by Crippen LogP contribution is -2.11. The monoisotopic (exact) mass is 202 g/mol. The lowest BCUT2D eigenvalue weighted by Gasteiger charge is -2.13. The number of aromatic nitrogens is 2. The van der Waals surface area contributed by atoms with E-state index in [4.69, 9.17) is 4.52 Å². The average Bonchev–Trinajstić information content (AvgIpc) is 2.85. The van der Waals surface area contributed by atoms with Crippen LogP contribution in [0.4, 0.5) is 0 Å². The molecular formula is C11H10N2O2. The number of Topliss-reactive ketones (excluding diaryl/α,β-unsaturated/α-hetero) is 1. The van der Waals surface area contributed by atoms with Crippen molar-refractivity contribution in [2.75, 3.05) is 0 Å².